The average Bonchev–Trinajstić information content (AvgIpc) is 2.81. The zero-order valence-electron chi connectivity index (χ0n) is 10.8. The topological polar surface area (TPSA) is 82.8 Å². The molecule has 1 rings (SSSR count). The van der Waals surface area contributed by atoms with Crippen LogP contribution < -0.4 is 5.32 Å². The third-order valence-corrected chi connectivity index (χ3v) is 2.88. The number of hydrogen-bond acceptors (Lipinski definition) is 3. The fourth-order valence-corrected chi connectivity index (χ4v) is 1.33. The van der Waals surface area contributed by atoms with Gasteiger partial charge in [-0.25, -0.2) is 9.59 Å². The van der Waals surface area contributed by atoms with Crippen LogP contribution in [0.2, 0.25) is 0 Å². The first-order chi connectivity index (χ1) is 8.39. The van der Waals surface area contributed by atoms with E-state index in [1.165, 1.54) is 18.1 Å². The van der Waals surface area contributed by atoms with Crippen molar-refractivity contribution in [2.75, 3.05) is 7.05 Å². The smallest absolute Gasteiger partial charge is 0.329 e. The number of amides is 2. The van der Waals surface area contributed by atoms with Gasteiger partial charge in [-0.2, -0.15) is 0 Å². The van der Waals surface area contributed by atoms with Gasteiger partial charge in [0.2, 0.25) is 0 Å². The number of carboxylic acid groups (broad SMARTS) is 1. The Balaban J connectivity index is 2.62. The number of nitrogens with one attached hydrogen (secondary N) is 1. The predicted octanol–water partition coefficient (Wildman–Crippen LogP) is 1.67. The molecule has 2 amide bonds. The molecule has 18 heavy (non-hydrogen) atoms. The molecule has 1 atom stereocenters. The van der Waals surface area contributed by atoms with Gasteiger partial charge in [-0.05, 0) is 25.5 Å². The van der Waals surface area contributed by atoms with E-state index in [9.17, 15) is 9.59 Å². The molecule has 0 fully saturated rings. The van der Waals surface area contributed by atoms with Crippen LogP contribution in [-0.4, -0.2) is 34.6 Å². The molecule has 0 aromatic carbocycles. The Bertz CT molecular complexity index is 416. The molecule has 1 aromatic heterocycles. The van der Waals surface area contributed by atoms with Crippen molar-refractivity contribution in [2.24, 2.45) is 0 Å². The summed E-state index contributed by atoms with van der Waals surface area (Å²) < 4.78 is 5.12. The van der Waals surface area contributed by atoms with Gasteiger partial charge < -0.3 is 19.7 Å². The lowest BCUT2D eigenvalue weighted by Crippen LogP contribution is -2.54. The van der Waals surface area contributed by atoms with Gasteiger partial charge >= 0.3 is 12.0 Å². The van der Waals surface area contributed by atoms with Crippen LogP contribution in [-0.2, 0) is 11.3 Å². The molecule has 0 aliphatic carbocycles. The van der Waals surface area contributed by atoms with E-state index in [2.05, 4.69) is 5.32 Å². The molecule has 1 heterocycles. The fraction of sp³-hybridized carbons (Fsp3) is 0.500. The number of aliphatic carboxylic acids is 1. The minimum Gasteiger partial charge on any atom is -0.480 e. The lowest BCUT2D eigenvalue weighted by molar-refractivity contribution is -0.143. The lowest BCUT2D eigenvalue weighted by Gasteiger charge is -2.27. The molecule has 1 unspecified atom stereocenters. The monoisotopic (exact) mass is 254 g/mol. The van der Waals surface area contributed by atoms with E-state index in [1.807, 2.05) is 0 Å². The second kappa shape index (κ2) is 5.57. The molecule has 0 radical (unpaired) electrons. The van der Waals surface area contributed by atoms with Crippen molar-refractivity contribution in [3.8, 4) is 0 Å². The summed E-state index contributed by atoms with van der Waals surface area (Å²) in [5, 5.41) is 11.6. The summed E-state index contributed by atoms with van der Waals surface area (Å²) in [5.41, 5.74) is -1.26. The maximum Gasteiger partial charge on any atom is 0.329 e. The highest BCUT2D eigenvalue weighted by atomic mass is 16.4. The lowest BCUT2D eigenvalue weighted by atomic mass is 10.00. The van der Waals surface area contributed by atoms with Gasteiger partial charge in [-0.15, -0.1) is 0 Å². The normalized spacial score (nSPS) is 13.7. The number of nitrogens with zero attached hydrogens (tertiary/aromatic N) is 1. The van der Waals surface area contributed by atoms with Crippen LogP contribution in [0.3, 0.4) is 0 Å². The minimum atomic E-state index is -1.26. The van der Waals surface area contributed by atoms with Crippen LogP contribution >= 0.6 is 0 Å². The van der Waals surface area contributed by atoms with Gasteiger partial charge in [0.25, 0.3) is 0 Å². The van der Waals surface area contributed by atoms with E-state index in [4.69, 9.17) is 9.52 Å². The van der Waals surface area contributed by atoms with Crippen LogP contribution in [0.15, 0.2) is 22.8 Å². The summed E-state index contributed by atoms with van der Waals surface area (Å²) in [4.78, 5) is 24.3. The number of furan rings is 1. The van der Waals surface area contributed by atoms with Gasteiger partial charge in [0.15, 0.2) is 0 Å². The van der Waals surface area contributed by atoms with Crippen molar-refractivity contribution in [2.45, 2.75) is 32.4 Å². The Hall–Kier alpha value is -1.98. The molecule has 100 valence electrons. The maximum absolute atomic E-state index is 11.9. The Morgan fingerprint density at radius 2 is 2.22 bits per heavy atom. The van der Waals surface area contributed by atoms with Gasteiger partial charge in [-0.3, -0.25) is 0 Å². The van der Waals surface area contributed by atoms with Crippen LogP contribution in [0.4, 0.5) is 4.79 Å². The zero-order valence-corrected chi connectivity index (χ0v) is 10.8. The highest BCUT2D eigenvalue weighted by Crippen LogP contribution is 2.11. The first-order valence-corrected chi connectivity index (χ1v) is 5.68. The number of hydrogen-bond donors (Lipinski definition) is 2. The van der Waals surface area contributed by atoms with Gasteiger partial charge in [0.1, 0.15) is 11.3 Å². The molecule has 0 spiro atoms. The Morgan fingerprint density at radius 3 is 2.67 bits per heavy atom. The maximum atomic E-state index is 11.9. The van der Waals surface area contributed by atoms with Crippen molar-refractivity contribution in [1.82, 2.24) is 10.2 Å². The summed E-state index contributed by atoms with van der Waals surface area (Å²) in [5.74, 6) is -0.411. The van der Waals surface area contributed by atoms with Crippen LogP contribution in [0.1, 0.15) is 26.0 Å². The molecular weight excluding hydrogens is 236 g/mol. The number of rotatable bonds is 5. The van der Waals surface area contributed by atoms with Crippen LogP contribution in [0, 0.1) is 0 Å². The minimum absolute atomic E-state index is 0.290. The highest BCUT2D eigenvalue weighted by Gasteiger charge is 2.33. The second-order valence-electron chi connectivity index (χ2n) is 4.36. The predicted molar refractivity (Wildman–Crippen MR) is 65.0 cm³/mol. The zero-order chi connectivity index (χ0) is 13.8. The van der Waals surface area contributed by atoms with Gasteiger partial charge in [0.05, 0.1) is 12.8 Å². The summed E-state index contributed by atoms with van der Waals surface area (Å²) in [6, 6.07) is 3.03. The number of carbonyl (C=O) groups excluding carboxylic acids is 1. The molecule has 6 nitrogen and oxygen atoms in total. The summed E-state index contributed by atoms with van der Waals surface area (Å²) in [6.45, 7) is 3.48. The van der Waals surface area contributed by atoms with E-state index in [0.29, 0.717) is 12.2 Å². The molecule has 1 aromatic rings. The second-order valence-corrected chi connectivity index (χ2v) is 4.36. The first-order valence-electron chi connectivity index (χ1n) is 5.68. The summed E-state index contributed by atoms with van der Waals surface area (Å²) in [6.07, 6.45) is 1.83. The van der Waals surface area contributed by atoms with Gasteiger partial charge in [-0.1, -0.05) is 6.92 Å². The van der Waals surface area contributed by atoms with Crippen molar-refractivity contribution in [1.29, 1.82) is 0 Å². The van der Waals surface area contributed by atoms with Crippen LogP contribution in [0.25, 0.3) is 0 Å². The molecule has 0 bridgehead atoms. The molecule has 0 saturated heterocycles. The van der Waals surface area contributed by atoms with Crippen molar-refractivity contribution >= 4 is 12.0 Å². The molecule has 0 aliphatic heterocycles. The van der Waals surface area contributed by atoms with E-state index >= 15 is 0 Å². The Kier molecular flexibility index (Phi) is 4.36. The average molecular weight is 254 g/mol. The van der Waals surface area contributed by atoms with Crippen molar-refractivity contribution in [3.05, 3.63) is 24.2 Å². The Morgan fingerprint density at radius 1 is 1.56 bits per heavy atom. The van der Waals surface area contributed by atoms with Crippen LogP contribution in [0.5, 0.6) is 0 Å². The number of carboxylic acids is 1. The molecule has 0 saturated carbocycles. The largest absolute Gasteiger partial charge is 0.480 e. The van der Waals surface area contributed by atoms with E-state index in [0.717, 1.165) is 0 Å². The van der Waals surface area contributed by atoms with E-state index in [1.54, 1.807) is 26.1 Å². The molecular formula is C12H18N2O4. The SMILES string of the molecule is CCC(C)(NC(=O)N(C)Cc1ccco1)C(=O)O. The Labute approximate surface area is 106 Å². The summed E-state index contributed by atoms with van der Waals surface area (Å²) in [7, 11) is 1.58. The molecule has 6 heteroatoms. The third-order valence-electron chi connectivity index (χ3n) is 2.88. The van der Waals surface area contributed by atoms with Crippen molar-refractivity contribution in [3.63, 3.8) is 0 Å². The fourth-order valence-electron chi connectivity index (χ4n) is 1.33. The third kappa shape index (κ3) is 3.26. The molecule has 0 aliphatic rings. The number of urea groups is 1. The highest BCUT2D eigenvalue weighted by molar-refractivity contribution is 5.85. The summed E-state index contributed by atoms with van der Waals surface area (Å²) >= 11 is 0. The van der Waals surface area contributed by atoms with Gasteiger partial charge in [0, 0.05) is 7.05 Å². The first kappa shape index (κ1) is 14.1. The van der Waals surface area contributed by atoms with E-state index in [-0.39, 0.29) is 6.54 Å². The number of carbonyl (C=O) groups is 2. The quantitative estimate of drug-likeness (QED) is 0.837. The molecule has 2 N–H and O–H groups in total. The van der Waals surface area contributed by atoms with E-state index < -0.39 is 17.5 Å². The van der Waals surface area contributed by atoms with Crippen molar-refractivity contribution < 1.29 is 19.1 Å². The standard InChI is InChI=1S/C12H18N2O4/c1-4-12(2,10(15)16)13-11(17)14(3)8-9-6-5-7-18-9/h5-7H,4,8H2,1-3H3,(H,13,17)(H,15,16).